The lowest BCUT2D eigenvalue weighted by atomic mass is 9.95. The van der Waals surface area contributed by atoms with Crippen LogP contribution >= 0.6 is 7.14 Å². The highest BCUT2D eigenvalue weighted by atomic mass is 31.2. The number of amides is 3. The summed E-state index contributed by atoms with van der Waals surface area (Å²) in [4.78, 5) is 26.9. The summed E-state index contributed by atoms with van der Waals surface area (Å²) < 4.78 is 81.6. The summed E-state index contributed by atoms with van der Waals surface area (Å²) in [6.45, 7) is 3.42. The Balaban J connectivity index is 1.36. The summed E-state index contributed by atoms with van der Waals surface area (Å²) in [5.74, 6) is -2.45. The summed E-state index contributed by atoms with van der Waals surface area (Å²) in [6.07, 6.45) is -3.04. The van der Waals surface area contributed by atoms with Crippen molar-refractivity contribution in [2.45, 2.75) is 37.4 Å². The van der Waals surface area contributed by atoms with Crippen LogP contribution in [-0.4, -0.2) is 37.9 Å². The smallest absolute Gasteiger partial charge is 0.326 e. The number of carbonyl (C=O) groups excluding carboxylic acids is 2. The van der Waals surface area contributed by atoms with Crippen molar-refractivity contribution < 1.29 is 36.1 Å². The van der Waals surface area contributed by atoms with E-state index in [4.69, 9.17) is 0 Å². The number of hydrogen-bond acceptors (Lipinski definition) is 3. The van der Waals surface area contributed by atoms with E-state index in [0.717, 1.165) is 18.9 Å². The molecular formula is C29H27F5N3O3P. The van der Waals surface area contributed by atoms with Gasteiger partial charge < -0.3 is 20.1 Å². The molecule has 5 rings (SSSR count). The predicted molar refractivity (Wildman–Crippen MR) is 147 cm³/mol. The molecule has 2 fully saturated rings. The summed E-state index contributed by atoms with van der Waals surface area (Å²) in [5, 5.41) is 5.16. The Morgan fingerprint density at radius 3 is 2.32 bits per heavy atom. The van der Waals surface area contributed by atoms with Gasteiger partial charge in [0.25, 0.3) is 0 Å². The summed E-state index contributed by atoms with van der Waals surface area (Å²) in [6, 6.07) is 10.1. The highest BCUT2D eigenvalue weighted by Crippen LogP contribution is 2.49. The Kier molecular flexibility index (Phi) is 7.44. The standard InChI is InChI=1S/C29H27F5N3O3P/c1-41(2,40)24-6-4-3-5-18(24)19-10-12-23(26(31)25(19)16-7-8-16)37-14-13-22(27(37)38)36-28(39)35-21-11-9-17(15-20(21)30)29(32,33)34/h3-6,9-12,15-16,22H,7-8,13-14H2,1-2H3,(H2,35,36,39)/t22-/m1/s1. The lowest BCUT2D eigenvalue weighted by Crippen LogP contribution is -2.43. The van der Waals surface area contributed by atoms with E-state index in [1.807, 2.05) is 6.07 Å². The Hall–Kier alpha value is -3.72. The maximum absolute atomic E-state index is 16.1. The monoisotopic (exact) mass is 591 g/mol. The molecule has 1 atom stereocenters. The van der Waals surface area contributed by atoms with E-state index in [9.17, 15) is 31.7 Å². The number of anilines is 2. The highest BCUT2D eigenvalue weighted by Gasteiger charge is 2.38. The van der Waals surface area contributed by atoms with Crippen LogP contribution in [-0.2, 0) is 15.5 Å². The van der Waals surface area contributed by atoms with Crippen molar-refractivity contribution in [2.75, 3.05) is 30.1 Å². The molecule has 12 heteroatoms. The van der Waals surface area contributed by atoms with Crippen molar-refractivity contribution in [1.29, 1.82) is 0 Å². The Morgan fingerprint density at radius 2 is 1.68 bits per heavy atom. The summed E-state index contributed by atoms with van der Waals surface area (Å²) in [7, 11) is -2.68. The van der Waals surface area contributed by atoms with E-state index < -0.39 is 54.2 Å². The number of benzene rings is 3. The number of halogens is 5. The van der Waals surface area contributed by atoms with Gasteiger partial charge in [-0.3, -0.25) is 4.79 Å². The minimum Gasteiger partial charge on any atom is -0.326 e. The molecule has 0 aromatic heterocycles. The second kappa shape index (κ2) is 10.6. The van der Waals surface area contributed by atoms with Gasteiger partial charge in [-0.25, -0.2) is 13.6 Å². The first kappa shape index (κ1) is 28.8. The van der Waals surface area contributed by atoms with Gasteiger partial charge in [-0.1, -0.05) is 30.3 Å². The highest BCUT2D eigenvalue weighted by molar-refractivity contribution is 7.70. The quantitative estimate of drug-likeness (QED) is 0.247. The van der Waals surface area contributed by atoms with E-state index in [2.05, 4.69) is 10.6 Å². The van der Waals surface area contributed by atoms with Crippen molar-refractivity contribution >= 4 is 35.8 Å². The topological polar surface area (TPSA) is 78.5 Å². The first-order valence-electron chi connectivity index (χ1n) is 13.0. The van der Waals surface area contributed by atoms with E-state index in [-0.39, 0.29) is 30.6 Å². The first-order valence-corrected chi connectivity index (χ1v) is 15.6. The molecule has 216 valence electrons. The molecule has 2 aliphatic rings. The third-order valence-electron chi connectivity index (χ3n) is 7.27. The van der Waals surface area contributed by atoms with Crippen LogP contribution in [0.5, 0.6) is 0 Å². The molecule has 0 spiro atoms. The lowest BCUT2D eigenvalue weighted by molar-refractivity contribution is -0.137. The molecule has 0 bridgehead atoms. The second-order valence-electron chi connectivity index (χ2n) is 10.6. The van der Waals surface area contributed by atoms with Crippen LogP contribution in [0.1, 0.15) is 36.3 Å². The summed E-state index contributed by atoms with van der Waals surface area (Å²) >= 11 is 0. The van der Waals surface area contributed by atoms with E-state index in [1.54, 1.807) is 37.6 Å². The number of urea groups is 1. The molecule has 2 N–H and O–H groups in total. The van der Waals surface area contributed by atoms with Gasteiger partial charge in [-0.05, 0) is 73.9 Å². The fourth-order valence-corrected chi connectivity index (χ4v) is 6.35. The summed E-state index contributed by atoms with van der Waals surface area (Å²) in [5.41, 5.74) is 0.150. The van der Waals surface area contributed by atoms with Crippen LogP contribution in [0.15, 0.2) is 54.6 Å². The van der Waals surface area contributed by atoms with Crippen LogP contribution in [0, 0.1) is 11.6 Å². The maximum atomic E-state index is 16.1. The molecule has 3 aromatic rings. The maximum Gasteiger partial charge on any atom is 0.416 e. The second-order valence-corrected chi connectivity index (χ2v) is 13.8. The van der Waals surface area contributed by atoms with Crippen molar-refractivity contribution in [3.63, 3.8) is 0 Å². The van der Waals surface area contributed by atoms with Crippen LogP contribution in [0.4, 0.5) is 38.1 Å². The molecular weight excluding hydrogens is 564 g/mol. The zero-order valence-corrected chi connectivity index (χ0v) is 23.1. The molecule has 1 saturated heterocycles. The van der Waals surface area contributed by atoms with Crippen LogP contribution in [0.2, 0.25) is 0 Å². The van der Waals surface area contributed by atoms with Gasteiger partial charge in [-0.2, -0.15) is 13.2 Å². The van der Waals surface area contributed by atoms with Gasteiger partial charge in [0.1, 0.15) is 19.0 Å². The molecule has 0 radical (unpaired) electrons. The Labute approximate surface area is 233 Å². The van der Waals surface area contributed by atoms with Gasteiger partial charge >= 0.3 is 12.2 Å². The van der Waals surface area contributed by atoms with Crippen molar-refractivity contribution in [1.82, 2.24) is 5.32 Å². The molecule has 3 aromatic carbocycles. The molecule has 1 saturated carbocycles. The van der Waals surface area contributed by atoms with E-state index >= 15 is 4.39 Å². The number of nitrogens with one attached hydrogen (secondary N) is 2. The van der Waals surface area contributed by atoms with Gasteiger partial charge in [0, 0.05) is 17.4 Å². The van der Waals surface area contributed by atoms with Crippen molar-refractivity contribution in [3.8, 4) is 11.1 Å². The molecule has 6 nitrogen and oxygen atoms in total. The number of hydrogen-bond donors (Lipinski definition) is 2. The van der Waals surface area contributed by atoms with Gasteiger partial charge in [0.05, 0.1) is 16.9 Å². The lowest BCUT2D eigenvalue weighted by Gasteiger charge is -2.22. The van der Waals surface area contributed by atoms with Crippen LogP contribution in [0.3, 0.4) is 0 Å². The molecule has 3 amide bonds. The molecule has 1 aliphatic heterocycles. The number of rotatable bonds is 6. The normalized spacial score (nSPS) is 17.6. The van der Waals surface area contributed by atoms with Crippen LogP contribution < -0.4 is 20.8 Å². The van der Waals surface area contributed by atoms with Crippen molar-refractivity contribution in [2.24, 2.45) is 0 Å². The molecule has 1 heterocycles. The van der Waals surface area contributed by atoms with E-state index in [0.29, 0.717) is 28.1 Å². The fourth-order valence-electron chi connectivity index (χ4n) is 5.13. The zero-order valence-electron chi connectivity index (χ0n) is 22.2. The van der Waals surface area contributed by atoms with E-state index in [1.165, 1.54) is 11.0 Å². The van der Waals surface area contributed by atoms with Crippen LogP contribution in [0.25, 0.3) is 11.1 Å². The van der Waals surface area contributed by atoms with Crippen molar-refractivity contribution in [3.05, 3.63) is 77.4 Å². The Bertz CT molecular complexity index is 1580. The zero-order chi connectivity index (χ0) is 29.7. The fraction of sp³-hybridized carbons (Fsp3) is 0.310. The molecule has 1 aliphatic carbocycles. The number of nitrogens with zero attached hydrogens (tertiary/aromatic N) is 1. The Morgan fingerprint density at radius 1 is 0.976 bits per heavy atom. The molecule has 41 heavy (non-hydrogen) atoms. The molecule has 0 unspecified atom stereocenters. The van der Waals surface area contributed by atoms with Gasteiger partial charge in [0.2, 0.25) is 5.91 Å². The number of carbonyl (C=O) groups is 2. The number of alkyl halides is 3. The third-order valence-corrected chi connectivity index (χ3v) is 8.82. The predicted octanol–water partition coefficient (Wildman–Crippen LogP) is 6.70. The minimum atomic E-state index is -4.74. The first-order chi connectivity index (χ1) is 19.3. The minimum absolute atomic E-state index is 0.0397. The third kappa shape index (κ3) is 5.86. The van der Waals surface area contributed by atoms with Gasteiger partial charge in [-0.15, -0.1) is 0 Å². The SMILES string of the molecule is CP(C)(=O)c1ccccc1-c1ccc(N2CC[C@@H](NC(=O)Nc3ccc(C(F)(F)F)cc3F)C2=O)c(F)c1C1CC1. The van der Waals surface area contributed by atoms with Gasteiger partial charge in [0.15, 0.2) is 5.82 Å². The average Bonchev–Trinajstić information content (AvgIpc) is 3.67. The largest absolute Gasteiger partial charge is 0.416 e. The average molecular weight is 592 g/mol.